The fraction of sp³-hybridized carbons (Fsp3) is 0.437. The van der Waals surface area contributed by atoms with Crippen LogP contribution in [0.15, 0.2) is 154 Å². The molecule has 3 saturated carbocycles. The van der Waals surface area contributed by atoms with Crippen molar-refractivity contribution in [2.24, 2.45) is 0 Å². The van der Waals surface area contributed by atoms with Gasteiger partial charge in [-0.15, -0.1) is 0 Å². The topological polar surface area (TPSA) is 310 Å². The van der Waals surface area contributed by atoms with Gasteiger partial charge in [0.15, 0.2) is 0 Å². The first-order valence-electron chi connectivity index (χ1n) is 33.9. The highest BCUT2D eigenvalue weighted by Crippen LogP contribution is 2.40. The Morgan fingerprint density at radius 2 is 0.911 bits per heavy atom. The van der Waals surface area contributed by atoms with Gasteiger partial charge in [-0.25, -0.2) is 44.9 Å². The zero-order valence-electron chi connectivity index (χ0n) is 57.0. The molecule has 532 valence electrons. The molecule has 0 radical (unpaired) electrons. The van der Waals surface area contributed by atoms with Crippen molar-refractivity contribution in [2.75, 3.05) is 48.6 Å². The quantitative estimate of drug-likeness (QED) is 0.0580. The molecule has 3 aliphatic carbocycles. The third kappa shape index (κ3) is 22.0. The number of benzene rings is 3. The van der Waals surface area contributed by atoms with Crippen molar-refractivity contribution in [3.63, 3.8) is 0 Å². The number of phenolic OH excluding ortho intramolecular Hbond substituents is 1. The van der Waals surface area contributed by atoms with Gasteiger partial charge in [-0.1, -0.05) is 44.0 Å². The highest BCUT2D eigenvalue weighted by molar-refractivity contribution is 9.11. The van der Waals surface area contributed by atoms with E-state index in [0.717, 1.165) is 162 Å². The van der Waals surface area contributed by atoms with E-state index in [1.807, 2.05) is 30.3 Å². The first-order valence-corrected chi connectivity index (χ1v) is 38.1. The molecule has 9 aromatic rings. The van der Waals surface area contributed by atoms with Gasteiger partial charge in [-0.2, -0.15) is 8.42 Å². The van der Waals surface area contributed by atoms with Crippen LogP contribution in [0.5, 0.6) is 17.2 Å². The molecule has 6 aromatic heterocycles. The summed E-state index contributed by atoms with van der Waals surface area (Å²) in [5, 5.41) is 19.5. The van der Waals surface area contributed by atoms with Crippen LogP contribution in [0, 0.1) is 0 Å². The Morgan fingerprint density at radius 1 is 0.485 bits per heavy atom. The molecule has 0 amide bonds. The molecule has 3 aromatic carbocycles. The summed E-state index contributed by atoms with van der Waals surface area (Å²) in [6.45, 7) is 11.2. The first kappa shape index (κ1) is 74.6. The van der Waals surface area contributed by atoms with Crippen molar-refractivity contribution in [2.45, 2.75) is 165 Å². The molecule has 9 heterocycles. The minimum atomic E-state index is -3.36. The highest BCUT2D eigenvalue weighted by atomic mass is 79.9. The average Bonchev–Trinajstić information content (AvgIpc) is 1.07. The Bertz CT molecular complexity index is 4340. The van der Waals surface area contributed by atoms with Crippen molar-refractivity contribution in [3.05, 3.63) is 159 Å². The molecule has 101 heavy (non-hydrogen) atoms. The van der Waals surface area contributed by atoms with Crippen LogP contribution in [0.4, 0.5) is 17.8 Å². The lowest BCUT2D eigenvalue weighted by atomic mass is 9.75. The van der Waals surface area contributed by atoms with Crippen molar-refractivity contribution >= 4 is 122 Å². The van der Waals surface area contributed by atoms with Crippen molar-refractivity contribution in [1.82, 2.24) is 59.8 Å². The van der Waals surface area contributed by atoms with Gasteiger partial charge in [0.1, 0.15) is 33.8 Å². The van der Waals surface area contributed by atoms with Crippen LogP contribution in [0.25, 0.3) is 38.7 Å². The Labute approximate surface area is 613 Å². The lowest BCUT2D eigenvalue weighted by Crippen LogP contribution is -2.41. The van der Waals surface area contributed by atoms with E-state index in [4.69, 9.17) is 32.4 Å². The molecular formula is C71H83BBr3N15O10S. The second-order valence-corrected chi connectivity index (χ2v) is 30.4. The molecule has 30 heteroatoms. The number of rotatable bonds is 14. The van der Waals surface area contributed by atoms with Crippen LogP contribution in [0.2, 0.25) is 0 Å². The largest absolute Gasteiger partial charge is 0.506 e. The lowest BCUT2D eigenvalue weighted by molar-refractivity contribution is 0.00578. The maximum atomic E-state index is 11.0. The summed E-state index contributed by atoms with van der Waals surface area (Å²) in [5.41, 5.74) is 7.73. The summed E-state index contributed by atoms with van der Waals surface area (Å²) in [6, 6.07) is 16.2. The molecular weight excluding hydrogens is 1510 g/mol. The third-order valence-electron chi connectivity index (χ3n) is 18.1. The van der Waals surface area contributed by atoms with E-state index in [2.05, 4.69) is 176 Å². The van der Waals surface area contributed by atoms with E-state index in [1.54, 1.807) is 80.4 Å². The zero-order chi connectivity index (χ0) is 70.8. The van der Waals surface area contributed by atoms with Gasteiger partial charge >= 0.3 is 7.12 Å². The number of fused-ring (bicyclic) bond motifs is 3. The average molecular weight is 1590 g/mol. The Hall–Kier alpha value is -7.55. The molecule has 4 N–H and O–H groups in total. The minimum absolute atomic E-state index is 0.146. The Kier molecular flexibility index (Phi) is 26.3. The number of nitrogens with one attached hydrogen (secondary N) is 3. The summed E-state index contributed by atoms with van der Waals surface area (Å²) in [4.78, 5) is 51.2. The van der Waals surface area contributed by atoms with E-state index in [0.29, 0.717) is 54.2 Å². The van der Waals surface area contributed by atoms with Crippen molar-refractivity contribution in [1.29, 1.82) is 0 Å². The Balaban J connectivity index is 0.000000132. The van der Waals surface area contributed by atoms with Crippen LogP contribution in [-0.2, 0) is 33.1 Å². The number of hydrogen-bond donors (Lipinski definition) is 4. The van der Waals surface area contributed by atoms with E-state index < -0.39 is 10.1 Å². The summed E-state index contributed by atoms with van der Waals surface area (Å²) >= 11 is 10.1. The number of ether oxygens (including phenoxy) is 4. The number of hydrogen-bond acceptors (Lipinski definition) is 25. The fourth-order valence-electron chi connectivity index (χ4n) is 12.2. The molecule has 0 bridgehead atoms. The number of halogens is 3. The van der Waals surface area contributed by atoms with E-state index >= 15 is 0 Å². The fourth-order valence-corrected chi connectivity index (χ4v) is 14.0. The number of phenols is 1. The maximum absolute atomic E-state index is 11.0. The normalized spacial score (nSPS) is 21.6. The van der Waals surface area contributed by atoms with Gasteiger partial charge in [0.05, 0.1) is 83.2 Å². The highest BCUT2D eigenvalue weighted by Gasteiger charge is 2.52. The summed E-state index contributed by atoms with van der Waals surface area (Å²) in [7, 11) is -3.54. The standard InChI is InChI=1S/C23H25N5O2.C18H18BrN5O.C11H19BO3.C11H16BrN3O3S.C8H5BrN2O/c1-8-26-23(27-9-1)28-18-2-4-19(5-3-18)30-21-15-17(16-6-12-29-13-7-16)14-20-22(21)25-11-10-24-20;19-12-10-15-17(21-9-8-20-15)16(11-12)25-14-4-2-13(3-5-14)24-18-22-6-1-7-23-18;1-10(2)11(3,4)15-12(14-10)9-5-7-13-8-6-9;1-19(16,17)18-10-4-2-9(3-5-10)15-11-13-6-8(12)7-14-11;9-5-3-6-8(7(12)4-5)11-2-1-10-6/h1,6,8-11,14-15,18-19H,2-5,7,12-13H2,(H,26,27,28);1,6-11,13-14H,2-5H2,(H,22,23,24);5H,6-8H2,1-4H3;6-7,9-10H,2-5H2,1H3,(H,13,14,15);1-4,12H. The molecule has 25 nitrogen and oxygen atoms in total. The minimum Gasteiger partial charge on any atom is -0.506 e. The summed E-state index contributed by atoms with van der Waals surface area (Å²) in [5.74, 6) is 3.75. The van der Waals surface area contributed by atoms with Crippen LogP contribution < -0.4 is 25.4 Å². The van der Waals surface area contributed by atoms with Crippen molar-refractivity contribution in [3.8, 4) is 17.2 Å². The predicted octanol–water partition coefficient (Wildman–Crippen LogP) is 14.0. The van der Waals surface area contributed by atoms with Crippen LogP contribution in [-0.4, -0.2) is 161 Å². The molecule has 0 unspecified atom stereocenters. The smallest absolute Gasteiger partial charge is 0.490 e. The number of nitrogens with zero attached hydrogens (tertiary/aromatic N) is 12. The molecule has 0 spiro atoms. The van der Waals surface area contributed by atoms with Crippen LogP contribution >= 0.6 is 47.8 Å². The van der Waals surface area contributed by atoms with Crippen LogP contribution in [0.1, 0.15) is 123 Å². The maximum Gasteiger partial charge on any atom is 0.490 e. The lowest BCUT2D eigenvalue weighted by Gasteiger charge is -2.32. The van der Waals surface area contributed by atoms with Gasteiger partial charge in [0, 0.05) is 101 Å². The first-order chi connectivity index (χ1) is 48.7. The van der Waals surface area contributed by atoms with E-state index in [1.165, 1.54) is 11.0 Å². The van der Waals surface area contributed by atoms with Gasteiger partial charge < -0.3 is 49.3 Å². The number of anilines is 3. The molecule has 4 fully saturated rings. The predicted molar refractivity (Wildman–Crippen MR) is 399 cm³/mol. The number of aromatic hydroxyl groups is 1. The van der Waals surface area contributed by atoms with Gasteiger partial charge in [0.2, 0.25) is 17.8 Å². The Morgan fingerprint density at radius 3 is 1.39 bits per heavy atom. The third-order valence-corrected chi connectivity index (χ3v) is 20.1. The van der Waals surface area contributed by atoms with Gasteiger partial charge in [-0.3, -0.25) is 19.1 Å². The van der Waals surface area contributed by atoms with E-state index in [-0.39, 0.29) is 48.4 Å². The molecule has 15 rings (SSSR count). The zero-order valence-corrected chi connectivity index (χ0v) is 62.6. The second kappa shape index (κ2) is 35.6. The molecule has 1 saturated heterocycles. The molecule has 0 atom stereocenters. The molecule has 3 aliphatic heterocycles. The SMILES string of the molecule is Brc1cc(OC2CCC(Nc3ncccn3)CC2)c2nccnc2c1.C1=C(c2cc(OC3CCC(Nc4ncccn4)CC3)c3nccnc3c2)CCOC1.CC1(C)OB(C2=CCOCC2)OC1(C)C.CS(=O)(=O)OC1CCC(Nc2ncc(Br)cn2)CC1.Oc1cc(Br)cc2nccnc12. The summed E-state index contributed by atoms with van der Waals surface area (Å²) in [6.07, 6.45) is 38.9. The van der Waals surface area contributed by atoms with Crippen LogP contribution in [0.3, 0.4) is 0 Å². The number of aromatic nitrogens is 12. The van der Waals surface area contributed by atoms with E-state index in [9.17, 15) is 13.5 Å². The second-order valence-electron chi connectivity index (χ2n) is 26.1. The summed E-state index contributed by atoms with van der Waals surface area (Å²) < 4.78 is 65.1. The van der Waals surface area contributed by atoms with Gasteiger partial charge in [-0.05, 0) is 199 Å². The van der Waals surface area contributed by atoms with Gasteiger partial charge in [0.25, 0.3) is 10.1 Å². The monoisotopic (exact) mass is 1590 g/mol. The molecule has 6 aliphatic rings. The van der Waals surface area contributed by atoms with Crippen molar-refractivity contribution < 1.29 is 46.0 Å².